The van der Waals surface area contributed by atoms with Gasteiger partial charge in [-0.1, -0.05) is 12.1 Å². The summed E-state index contributed by atoms with van der Waals surface area (Å²) in [5.41, 5.74) is 6.17. The Morgan fingerprint density at radius 2 is 1.91 bits per heavy atom. The molecule has 2 aliphatic heterocycles. The summed E-state index contributed by atoms with van der Waals surface area (Å²) in [5.74, 6) is -0.113. The van der Waals surface area contributed by atoms with Crippen molar-refractivity contribution in [1.29, 1.82) is 0 Å². The zero-order chi connectivity index (χ0) is 16.2. The fourth-order valence-electron chi connectivity index (χ4n) is 3.64. The van der Waals surface area contributed by atoms with Gasteiger partial charge in [0.15, 0.2) is 0 Å². The van der Waals surface area contributed by atoms with Crippen LogP contribution in [0.1, 0.15) is 12.8 Å². The van der Waals surface area contributed by atoms with Crippen LogP contribution >= 0.6 is 0 Å². The van der Waals surface area contributed by atoms with E-state index in [0.717, 1.165) is 52.1 Å². The van der Waals surface area contributed by atoms with Crippen LogP contribution < -0.4 is 10.6 Å². The smallest absolute Gasteiger partial charge is 0.236 e. The molecule has 1 aromatic carbocycles. The average Bonchev–Trinajstić information content (AvgIpc) is 2.62. The molecule has 2 aliphatic rings. The zero-order valence-corrected chi connectivity index (χ0v) is 13.5. The number of likely N-dealkylation sites (tertiary alicyclic amines) is 1. The molecule has 126 valence electrons. The van der Waals surface area contributed by atoms with E-state index in [4.69, 9.17) is 5.73 Å². The number of piperidine rings is 1. The van der Waals surface area contributed by atoms with Crippen LogP contribution in [-0.2, 0) is 4.79 Å². The first-order valence-corrected chi connectivity index (χ1v) is 8.40. The van der Waals surface area contributed by atoms with Gasteiger partial charge >= 0.3 is 0 Å². The van der Waals surface area contributed by atoms with Crippen molar-refractivity contribution in [1.82, 2.24) is 9.80 Å². The van der Waals surface area contributed by atoms with E-state index in [9.17, 15) is 9.18 Å². The first-order chi connectivity index (χ1) is 11.2. The molecule has 0 aromatic heterocycles. The maximum Gasteiger partial charge on any atom is 0.236 e. The Hall–Kier alpha value is -1.66. The summed E-state index contributed by atoms with van der Waals surface area (Å²) in [5, 5.41) is 0. The summed E-state index contributed by atoms with van der Waals surface area (Å²) >= 11 is 0. The minimum Gasteiger partial charge on any atom is -0.367 e. The van der Waals surface area contributed by atoms with Crippen LogP contribution in [0.4, 0.5) is 10.1 Å². The number of piperazine rings is 1. The second kappa shape index (κ2) is 7.27. The standard InChI is InChI=1S/C17H25FN4O/c18-15-5-1-2-6-16(15)21-10-8-20(9-11-21)14-4-3-7-22(13-14)17(23)12-19/h1-2,5-6,14H,3-4,7-13,19H2. The molecule has 0 radical (unpaired) electrons. The maximum atomic E-state index is 13.9. The van der Waals surface area contributed by atoms with E-state index in [0.29, 0.717) is 11.7 Å². The number of carbonyl (C=O) groups is 1. The summed E-state index contributed by atoms with van der Waals surface area (Å²) in [4.78, 5) is 18.2. The molecule has 0 spiro atoms. The molecule has 1 atom stereocenters. The highest BCUT2D eigenvalue weighted by atomic mass is 19.1. The Morgan fingerprint density at radius 1 is 1.17 bits per heavy atom. The van der Waals surface area contributed by atoms with Gasteiger partial charge in [0, 0.05) is 45.3 Å². The van der Waals surface area contributed by atoms with Crippen molar-refractivity contribution in [3.05, 3.63) is 30.1 Å². The largest absolute Gasteiger partial charge is 0.367 e. The van der Waals surface area contributed by atoms with Crippen molar-refractivity contribution in [2.75, 3.05) is 50.7 Å². The fourth-order valence-corrected chi connectivity index (χ4v) is 3.64. The van der Waals surface area contributed by atoms with E-state index in [1.54, 1.807) is 6.07 Å². The van der Waals surface area contributed by atoms with Crippen LogP contribution in [0.25, 0.3) is 0 Å². The van der Waals surface area contributed by atoms with Crippen LogP contribution in [0.15, 0.2) is 24.3 Å². The Labute approximate surface area is 136 Å². The molecule has 3 rings (SSSR count). The highest BCUT2D eigenvalue weighted by Crippen LogP contribution is 2.23. The monoisotopic (exact) mass is 320 g/mol. The van der Waals surface area contributed by atoms with Crippen molar-refractivity contribution in [3.63, 3.8) is 0 Å². The SMILES string of the molecule is NCC(=O)N1CCCC(N2CCN(c3ccccc3F)CC2)C1. The predicted molar refractivity (Wildman–Crippen MR) is 88.8 cm³/mol. The van der Waals surface area contributed by atoms with Gasteiger partial charge in [-0.3, -0.25) is 9.69 Å². The minimum atomic E-state index is -0.154. The number of hydrogen-bond acceptors (Lipinski definition) is 4. The lowest BCUT2D eigenvalue weighted by Gasteiger charge is -2.44. The third kappa shape index (κ3) is 3.64. The van der Waals surface area contributed by atoms with Crippen molar-refractivity contribution in [2.45, 2.75) is 18.9 Å². The molecule has 1 unspecified atom stereocenters. The molecule has 23 heavy (non-hydrogen) atoms. The molecule has 0 aliphatic carbocycles. The summed E-state index contributed by atoms with van der Waals surface area (Å²) in [6.07, 6.45) is 2.15. The Morgan fingerprint density at radius 3 is 2.61 bits per heavy atom. The average molecular weight is 320 g/mol. The third-order valence-corrected chi connectivity index (χ3v) is 4.95. The molecule has 0 bridgehead atoms. The van der Waals surface area contributed by atoms with Crippen molar-refractivity contribution < 1.29 is 9.18 Å². The Bertz CT molecular complexity index is 545. The molecule has 1 aromatic rings. The van der Waals surface area contributed by atoms with Gasteiger partial charge in [0.2, 0.25) is 5.91 Å². The van der Waals surface area contributed by atoms with Gasteiger partial charge in [-0.15, -0.1) is 0 Å². The van der Waals surface area contributed by atoms with E-state index >= 15 is 0 Å². The topological polar surface area (TPSA) is 52.8 Å². The lowest BCUT2D eigenvalue weighted by Crippen LogP contribution is -2.56. The highest BCUT2D eigenvalue weighted by molar-refractivity contribution is 5.78. The number of rotatable bonds is 3. The molecule has 2 heterocycles. The van der Waals surface area contributed by atoms with Crippen LogP contribution in [0, 0.1) is 5.82 Å². The Balaban J connectivity index is 1.56. The first-order valence-electron chi connectivity index (χ1n) is 8.40. The molecule has 2 fully saturated rings. The number of anilines is 1. The van der Waals surface area contributed by atoms with Gasteiger partial charge < -0.3 is 15.5 Å². The molecular weight excluding hydrogens is 295 g/mol. The number of amides is 1. The van der Waals surface area contributed by atoms with Crippen LogP contribution in [0.5, 0.6) is 0 Å². The molecule has 0 saturated carbocycles. The molecule has 2 N–H and O–H groups in total. The van der Waals surface area contributed by atoms with E-state index in [-0.39, 0.29) is 18.3 Å². The normalized spacial score (nSPS) is 23.1. The highest BCUT2D eigenvalue weighted by Gasteiger charge is 2.29. The quantitative estimate of drug-likeness (QED) is 0.899. The maximum absolute atomic E-state index is 13.9. The van der Waals surface area contributed by atoms with Crippen molar-refractivity contribution in [3.8, 4) is 0 Å². The Kier molecular flexibility index (Phi) is 5.13. The third-order valence-electron chi connectivity index (χ3n) is 4.95. The molecule has 2 saturated heterocycles. The van der Waals surface area contributed by atoms with Gasteiger partial charge in [-0.25, -0.2) is 4.39 Å². The van der Waals surface area contributed by atoms with Gasteiger partial charge in [-0.05, 0) is 25.0 Å². The van der Waals surface area contributed by atoms with Gasteiger partial charge in [0.25, 0.3) is 0 Å². The summed E-state index contributed by atoms with van der Waals surface area (Å²) < 4.78 is 13.9. The molecule has 1 amide bonds. The summed E-state index contributed by atoms with van der Waals surface area (Å²) in [7, 11) is 0. The van der Waals surface area contributed by atoms with E-state index in [1.165, 1.54) is 6.07 Å². The lowest BCUT2D eigenvalue weighted by molar-refractivity contribution is -0.131. The molecule has 6 heteroatoms. The van der Waals surface area contributed by atoms with Gasteiger partial charge in [0.05, 0.1) is 12.2 Å². The summed E-state index contributed by atoms with van der Waals surface area (Å²) in [6, 6.07) is 7.36. The van der Waals surface area contributed by atoms with E-state index < -0.39 is 0 Å². The fraction of sp³-hybridized carbons (Fsp3) is 0.588. The number of halogens is 1. The lowest BCUT2D eigenvalue weighted by atomic mass is 10.0. The summed E-state index contributed by atoms with van der Waals surface area (Å²) in [6.45, 7) is 5.14. The zero-order valence-electron chi connectivity index (χ0n) is 13.5. The van der Waals surface area contributed by atoms with Crippen LogP contribution in [-0.4, -0.2) is 67.6 Å². The first kappa shape index (κ1) is 16.2. The van der Waals surface area contributed by atoms with Gasteiger partial charge in [0.1, 0.15) is 5.82 Å². The number of carbonyl (C=O) groups excluding carboxylic acids is 1. The second-order valence-electron chi connectivity index (χ2n) is 6.31. The number of benzene rings is 1. The molecule has 5 nitrogen and oxygen atoms in total. The number of nitrogens with two attached hydrogens (primary N) is 1. The van der Waals surface area contributed by atoms with E-state index in [1.807, 2.05) is 17.0 Å². The van der Waals surface area contributed by atoms with Crippen LogP contribution in [0.2, 0.25) is 0 Å². The van der Waals surface area contributed by atoms with Crippen LogP contribution in [0.3, 0.4) is 0 Å². The predicted octanol–water partition coefficient (Wildman–Crippen LogP) is 0.897. The second-order valence-corrected chi connectivity index (χ2v) is 6.31. The number of para-hydroxylation sites is 1. The molecular formula is C17H25FN4O. The van der Waals surface area contributed by atoms with E-state index in [2.05, 4.69) is 9.80 Å². The minimum absolute atomic E-state index is 0.0414. The number of hydrogen-bond donors (Lipinski definition) is 1. The van der Waals surface area contributed by atoms with Gasteiger partial charge in [-0.2, -0.15) is 0 Å². The number of nitrogens with zero attached hydrogens (tertiary/aromatic N) is 3. The van der Waals surface area contributed by atoms with Crippen molar-refractivity contribution >= 4 is 11.6 Å². The van der Waals surface area contributed by atoms with Crippen molar-refractivity contribution in [2.24, 2.45) is 5.73 Å².